The van der Waals surface area contributed by atoms with Crippen molar-refractivity contribution in [2.24, 2.45) is 0 Å². The molecule has 0 aliphatic heterocycles. The van der Waals surface area contributed by atoms with Gasteiger partial charge in [-0.1, -0.05) is 38.5 Å². The first kappa shape index (κ1) is 8.31. The summed E-state index contributed by atoms with van der Waals surface area (Å²) in [6, 6.07) is 0. The molecular formula is C9H16N2. The van der Waals surface area contributed by atoms with E-state index < -0.39 is 0 Å². The third kappa shape index (κ3) is 4.59. The molecule has 1 N–H and O–H groups in total. The van der Waals surface area contributed by atoms with E-state index in [1.807, 2.05) is 0 Å². The molecular weight excluding hydrogens is 136 g/mol. The highest BCUT2D eigenvalue weighted by Gasteiger charge is 1.95. The number of aromatic amines is 1. The minimum Gasteiger partial charge on any atom is -0.351 e. The second-order valence-electron chi connectivity index (χ2n) is 2.88. The molecule has 0 bridgehead atoms. The third-order valence-corrected chi connectivity index (χ3v) is 1.91. The molecule has 1 saturated carbocycles. The zero-order valence-corrected chi connectivity index (χ0v) is 6.92. The van der Waals surface area contributed by atoms with Gasteiger partial charge >= 0.3 is 0 Å². The topological polar surface area (TPSA) is 28.7 Å². The zero-order valence-electron chi connectivity index (χ0n) is 6.92. The number of nitrogens with one attached hydrogen (secondary N) is 1. The van der Waals surface area contributed by atoms with E-state index in [9.17, 15) is 0 Å². The fourth-order valence-electron chi connectivity index (χ4n) is 1.28. The summed E-state index contributed by atoms with van der Waals surface area (Å²) in [5.41, 5.74) is 0. The summed E-state index contributed by atoms with van der Waals surface area (Å²) in [6.07, 6.45) is 14.1. The Morgan fingerprint density at radius 1 is 0.909 bits per heavy atom. The zero-order chi connectivity index (χ0) is 7.78. The highest BCUT2D eigenvalue weighted by atomic mass is 14.8. The summed E-state index contributed by atoms with van der Waals surface area (Å²) < 4.78 is 0. The largest absolute Gasteiger partial charge is 0.351 e. The first-order valence-corrected chi connectivity index (χ1v) is 4.43. The minimum atomic E-state index is 1.50. The van der Waals surface area contributed by atoms with Gasteiger partial charge in [0.25, 0.3) is 0 Å². The maximum atomic E-state index is 3.67. The summed E-state index contributed by atoms with van der Waals surface area (Å²) >= 11 is 0. The lowest BCUT2D eigenvalue weighted by atomic mass is 10.0. The van der Waals surface area contributed by atoms with Gasteiger partial charge in [-0.3, -0.25) is 0 Å². The van der Waals surface area contributed by atoms with E-state index in [-0.39, 0.29) is 0 Å². The van der Waals surface area contributed by atoms with Gasteiger partial charge in [0, 0.05) is 12.4 Å². The van der Waals surface area contributed by atoms with Crippen LogP contribution in [0, 0.1) is 0 Å². The van der Waals surface area contributed by atoms with Crippen molar-refractivity contribution in [2.75, 3.05) is 0 Å². The Hall–Kier alpha value is -0.790. The molecule has 62 valence electrons. The van der Waals surface area contributed by atoms with Crippen LogP contribution in [0.1, 0.15) is 38.5 Å². The number of imidazole rings is 1. The standard InChI is InChI=1S/C6H12.C3H4N2/c1-2-4-6-5-3-1;1-2-5-3-4-1/h1-6H2;1-3H,(H,4,5). The Morgan fingerprint density at radius 3 is 1.64 bits per heavy atom. The average Bonchev–Trinajstić information content (AvgIpc) is 2.64. The lowest BCUT2D eigenvalue weighted by Crippen LogP contribution is -1.85. The van der Waals surface area contributed by atoms with Crippen molar-refractivity contribution in [1.29, 1.82) is 0 Å². The SMILES string of the molecule is C1CCCCC1.c1c[nH]cn1. The fraction of sp³-hybridized carbons (Fsp3) is 0.667. The predicted octanol–water partition coefficient (Wildman–Crippen LogP) is 2.75. The molecule has 0 atom stereocenters. The highest BCUT2D eigenvalue weighted by Crippen LogP contribution is 2.15. The Morgan fingerprint density at radius 2 is 1.45 bits per heavy atom. The van der Waals surface area contributed by atoms with Crippen LogP contribution in [0.5, 0.6) is 0 Å². The van der Waals surface area contributed by atoms with Gasteiger partial charge in [0.1, 0.15) is 0 Å². The van der Waals surface area contributed by atoms with E-state index in [4.69, 9.17) is 0 Å². The third-order valence-electron chi connectivity index (χ3n) is 1.91. The normalized spacial score (nSPS) is 16.7. The fourth-order valence-corrected chi connectivity index (χ4v) is 1.28. The quantitative estimate of drug-likeness (QED) is 0.608. The Balaban J connectivity index is 0.000000112. The van der Waals surface area contributed by atoms with Crippen molar-refractivity contribution < 1.29 is 0 Å². The molecule has 2 nitrogen and oxygen atoms in total. The molecule has 1 aliphatic rings. The van der Waals surface area contributed by atoms with Crippen molar-refractivity contribution in [2.45, 2.75) is 38.5 Å². The molecule has 11 heavy (non-hydrogen) atoms. The van der Waals surface area contributed by atoms with Gasteiger partial charge in [0.15, 0.2) is 0 Å². The van der Waals surface area contributed by atoms with Gasteiger partial charge < -0.3 is 4.98 Å². The van der Waals surface area contributed by atoms with Crippen LogP contribution in [0.3, 0.4) is 0 Å². The number of hydrogen-bond acceptors (Lipinski definition) is 1. The highest BCUT2D eigenvalue weighted by molar-refractivity contribution is 4.64. The second kappa shape index (κ2) is 5.96. The molecule has 1 fully saturated rings. The van der Waals surface area contributed by atoms with Gasteiger partial charge in [-0.25, -0.2) is 4.98 Å². The molecule has 0 unspecified atom stereocenters. The molecule has 1 aromatic rings. The van der Waals surface area contributed by atoms with Crippen molar-refractivity contribution in [1.82, 2.24) is 9.97 Å². The molecule has 0 radical (unpaired) electrons. The molecule has 0 aromatic carbocycles. The Kier molecular flexibility index (Phi) is 4.50. The predicted molar refractivity (Wildman–Crippen MR) is 46.3 cm³/mol. The number of aromatic nitrogens is 2. The van der Waals surface area contributed by atoms with Gasteiger partial charge in [-0.2, -0.15) is 0 Å². The molecule has 1 aliphatic carbocycles. The van der Waals surface area contributed by atoms with Gasteiger partial charge in [0.2, 0.25) is 0 Å². The lowest BCUT2D eigenvalue weighted by molar-refractivity contribution is 0.504. The van der Waals surface area contributed by atoms with Gasteiger partial charge in [-0.15, -0.1) is 0 Å². The van der Waals surface area contributed by atoms with Crippen molar-refractivity contribution in [3.8, 4) is 0 Å². The van der Waals surface area contributed by atoms with E-state index in [0.29, 0.717) is 0 Å². The van der Waals surface area contributed by atoms with Gasteiger partial charge in [0.05, 0.1) is 6.33 Å². The maximum absolute atomic E-state index is 3.67. The molecule has 1 aromatic heterocycles. The summed E-state index contributed by atoms with van der Waals surface area (Å²) in [5, 5.41) is 0. The van der Waals surface area contributed by atoms with Crippen LogP contribution in [-0.4, -0.2) is 9.97 Å². The monoisotopic (exact) mass is 152 g/mol. The van der Waals surface area contributed by atoms with Crippen LogP contribution in [0.4, 0.5) is 0 Å². The summed E-state index contributed by atoms with van der Waals surface area (Å²) in [6.45, 7) is 0. The van der Waals surface area contributed by atoms with Crippen molar-refractivity contribution >= 4 is 0 Å². The van der Waals surface area contributed by atoms with Crippen LogP contribution < -0.4 is 0 Å². The molecule has 2 heteroatoms. The second-order valence-corrected chi connectivity index (χ2v) is 2.88. The van der Waals surface area contributed by atoms with E-state index in [2.05, 4.69) is 9.97 Å². The first-order chi connectivity index (χ1) is 5.50. The van der Waals surface area contributed by atoms with E-state index in [1.54, 1.807) is 18.7 Å². The summed E-state index contributed by atoms with van der Waals surface area (Å²) in [4.78, 5) is 6.42. The lowest BCUT2D eigenvalue weighted by Gasteiger charge is -2.05. The molecule has 1 heterocycles. The van der Waals surface area contributed by atoms with E-state index in [1.165, 1.54) is 38.5 Å². The number of H-pyrrole nitrogens is 1. The average molecular weight is 152 g/mol. The number of nitrogens with zero attached hydrogens (tertiary/aromatic N) is 1. The van der Waals surface area contributed by atoms with E-state index in [0.717, 1.165) is 0 Å². The molecule has 0 saturated heterocycles. The maximum Gasteiger partial charge on any atom is 0.0919 e. The molecule has 2 rings (SSSR count). The molecule has 0 amide bonds. The number of rotatable bonds is 0. The van der Waals surface area contributed by atoms with Gasteiger partial charge in [-0.05, 0) is 0 Å². The first-order valence-electron chi connectivity index (χ1n) is 4.43. The summed E-state index contributed by atoms with van der Waals surface area (Å²) in [7, 11) is 0. The Labute approximate surface area is 68.0 Å². The smallest absolute Gasteiger partial charge is 0.0919 e. The Bertz CT molecular complexity index is 114. The van der Waals surface area contributed by atoms with Crippen molar-refractivity contribution in [3.63, 3.8) is 0 Å². The summed E-state index contributed by atoms with van der Waals surface area (Å²) in [5.74, 6) is 0. The van der Waals surface area contributed by atoms with Crippen molar-refractivity contribution in [3.05, 3.63) is 18.7 Å². The van der Waals surface area contributed by atoms with Crippen LogP contribution >= 0.6 is 0 Å². The van der Waals surface area contributed by atoms with E-state index >= 15 is 0 Å². The minimum absolute atomic E-state index is 1.50. The molecule has 0 spiro atoms. The van der Waals surface area contributed by atoms with Crippen LogP contribution in [0.25, 0.3) is 0 Å². The van der Waals surface area contributed by atoms with Crippen LogP contribution in [0.2, 0.25) is 0 Å². The van der Waals surface area contributed by atoms with Crippen LogP contribution in [0.15, 0.2) is 18.7 Å². The van der Waals surface area contributed by atoms with Crippen LogP contribution in [-0.2, 0) is 0 Å². The number of hydrogen-bond donors (Lipinski definition) is 1.